The molecule has 3 nitrogen and oxygen atoms in total. The first kappa shape index (κ1) is 16.6. The minimum Gasteiger partial charge on any atom is -0.497 e. The van der Waals surface area contributed by atoms with Crippen LogP contribution in [0.3, 0.4) is 0 Å². The second-order valence-electron chi connectivity index (χ2n) is 4.41. The van der Waals surface area contributed by atoms with Crippen LogP contribution >= 0.6 is 15.9 Å². The summed E-state index contributed by atoms with van der Waals surface area (Å²) in [5.74, 6) is 0.135. The molecule has 1 N–H and O–H groups in total. The lowest BCUT2D eigenvalue weighted by molar-refractivity contribution is -0.275. The smallest absolute Gasteiger partial charge is 0.497 e. The third-order valence-corrected chi connectivity index (χ3v) is 3.42. The first-order chi connectivity index (χ1) is 10.3. The number of halogens is 4. The SMILES string of the molecule is COc1ccc(C(O)c2cc(Br)ccc2OC(F)(F)F)cc1. The Balaban J connectivity index is 2.38. The number of rotatable bonds is 4. The summed E-state index contributed by atoms with van der Waals surface area (Å²) >= 11 is 3.17. The largest absolute Gasteiger partial charge is 0.573 e. The van der Waals surface area contributed by atoms with Gasteiger partial charge in [-0.1, -0.05) is 28.1 Å². The fourth-order valence-electron chi connectivity index (χ4n) is 1.92. The molecule has 0 aliphatic carbocycles. The van der Waals surface area contributed by atoms with Gasteiger partial charge in [-0.2, -0.15) is 0 Å². The first-order valence-electron chi connectivity index (χ1n) is 6.17. The molecule has 2 rings (SSSR count). The molecule has 1 atom stereocenters. The first-order valence-corrected chi connectivity index (χ1v) is 6.96. The van der Waals surface area contributed by atoms with Crippen molar-refractivity contribution in [2.24, 2.45) is 0 Å². The van der Waals surface area contributed by atoms with Crippen LogP contribution in [0.15, 0.2) is 46.9 Å². The summed E-state index contributed by atoms with van der Waals surface area (Å²) in [6.07, 6.45) is -6.09. The third-order valence-electron chi connectivity index (χ3n) is 2.92. The quantitative estimate of drug-likeness (QED) is 0.857. The molecule has 0 saturated heterocycles. The van der Waals surface area contributed by atoms with Crippen molar-refractivity contribution in [3.8, 4) is 11.5 Å². The van der Waals surface area contributed by atoms with E-state index in [1.807, 2.05) is 0 Å². The molecule has 0 aromatic heterocycles. The van der Waals surface area contributed by atoms with Crippen LogP contribution in [0.4, 0.5) is 13.2 Å². The fourth-order valence-corrected chi connectivity index (χ4v) is 2.30. The van der Waals surface area contributed by atoms with E-state index in [-0.39, 0.29) is 5.56 Å². The van der Waals surface area contributed by atoms with Crippen LogP contribution in [-0.4, -0.2) is 18.6 Å². The van der Waals surface area contributed by atoms with E-state index in [9.17, 15) is 18.3 Å². The number of hydrogen-bond acceptors (Lipinski definition) is 3. The number of hydrogen-bond donors (Lipinski definition) is 1. The molecule has 0 fully saturated rings. The molecule has 0 radical (unpaired) electrons. The van der Waals surface area contributed by atoms with Gasteiger partial charge in [-0.15, -0.1) is 13.2 Å². The topological polar surface area (TPSA) is 38.7 Å². The van der Waals surface area contributed by atoms with Crippen molar-refractivity contribution in [1.82, 2.24) is 0 Å². The van der Waals surface area contributed by atoms with E-state index in [0.717, 1.165) is 6.07 Å². The van der Waals surface area contributed by atoms with Crippen molar-refractivity contribution in [3.63, 3.8) is 0 Å². The summed E-state index contributed by atoms with van der Waals surface area (Å²) < 4.78 is 46.9. The van der Waals surface area contributed by atoms with Crippen molar-refractivity contribution in [2.45, 2.75) is 12.5 Å². The highest BCUT2D eigenvalue weighted by molar-refractivity contribution is 9.10. The van der Waals surface area contributed by atoms with Crippen LogP contribution in [0.2, 0.25) is 0 Å². The Hall–Kier alpha value is -1.73. The zero-order chi connectivity index (χ0) is 16.3. The van der Waals surface area contributed by atoms with E-state index in [4.69, 9.17) is 4.74 Å². The molecular weight excluding hydrogens is 365 g/mol. The van der Waals surface area contributed by atoms with Crippen LogP contribution in [0.5, 0.6) is 11.5 Å². The Morgan fingerprint density at radius 1 is 1.09 bits per heavy atom. The number of alkyl halides is 3. The van der Waals surface area contributed by atoms with Crippen LogP contribution < -0.4 is 9.47 Å². The summed E-state index contributed by atoms with van der Waals surface area (Å²) in [5, 5.41) is 10.3. The van der Waals surface area contributed by atoms with Gasteiger partial charge in [0.1, 0.15) is 17.6 Å². The molecule has 0 aliphatic rings. The second-order valence-corrected chi connectivity index (χ2v) is 5.32. The van der Waals surface area contributed by atoms with Gasteiger partial charge >= 0.3 is 6.36 Å². The molecule has 0 heterocycles. The normalized spacial score (nSPS) is 12.8. The van der Waals surface area contributed by atoms with Crippen molar-refractivity contribution in [3.05, 3.63) is 58.1 Å². The fraction of sp³-hybridized carbons (Fsp3) is 0.200. The lowest BCUT2D eigenvalue weighted by atomic mass is 10.0. The van der Waals surface area contributed by atoms with Crippen molar-refractivity contribution < 1.29 is 27.8 Å². The highest BCUT2D eigenvalue weighted by Crippen LogP contribution is 2.35. The molecule has 0 spiro atoms. The van der Waals surface area contributed by atoms with Gasteiger partial charge in [0.15, 0.2) is 0 Å². The van der Waals surface area contributed by atoms with E-state index in [1.165, 1.54) is 19.2 Å². The zero-order valence-corrected chi connectivity index (χ0v) is 13.0. The monoisotopic (exact) mass is 376 g/mol. The lowest BCUT2D eigenvalue weighted by Gasteiger charge is -2.18. The van der Waals surface area contributed by atoms with Crippen LogP contribution in [-0.2, 0) is 0 Å². The molecule has 0 amide bonds. The van der Waals surface area contributed by atoms with Crippen molar-refractivity contribution in [1.29, 1.82) is 0 Å². The average molecular weight is 377 g/mol. The minimum absolute atomic E-state index is 0.0110. The number of benzene rings is 2. The maximum atomic E-state index is 12.5. The zero-order valence-electron chi connectivity index (χ0n) is 11.4. The lowest BCUT2D eigenvalue weighted by Crippen LogP contribution is -2.19. The maximum Gasteiger partial charge on any atom is 0.573 e. The number of aliphatic hydroxyl groups is 1. The molecule has 22 heavy (non-hydrogen) atoms. The van der Waals surface area contributed by atoms with Gasteiger partial charge < -0.3 is 14.6 Å². The molecule has 1 unspecified atom stereocenters. The Morgan fingerprint density at radius 3 is 2.27 bits per heavy atom. The van der Waals surface area contributed by atoms with Crippen molar-refractivity contribution >= 4 is 15.9 Å². The Morgan fingerprint density at radius 2 is 1.73 bits per heavy atom. The number of ether oxygens (including phenoxy) is 2. The Labute approximate surface area is 133 Å². The molecule has 0 saturated carbocycles. The van der Waals surface area contributed by atoms with Gasteiger partial charge in [0.25, 0.3) is 0 Å². The Bertz CT molecular complexity index is 641. The maximum absolute atomic E-state index is 12.5. The second kappa shape index (κ2) is 6.58. The van der Waals surface area contributed by atoms with Crippen LogP contribution in [0, 0.1) is 0 Å². The molecule has 2 aromatic rings. The number of methoxy groups -OCH3 is 1. The molecular formula is C15H12BrF3O3. The standard InChI is InChI=1S/C15H12BrF3O3/c1-21-11-5-2-9(3-6-11)14(20)12-8-10(16)4-7-13(12)22-15(17,18)19/h2-8,14,20H,1H3. The Kier molecular flexibility index (Phi) is 4.97. The molecule has 0 aliphatic heterocycles. The van der Waals surface area contributed by atoms with E-state index < -0.39 is 18.2 Å². The summed E-state index contributed by atoms with van der Waals surface area (Å²) in [7, 11) is 1.50. The van der Waals surface area contributed by atoms with Gasteiger partial charge in [-0.3, -0.25) is 0 Å². The van der Waals surface area contributed by atoms with Gasteiger partial charge in [-0.25, -0.2) is 0 Å². The van der Waals surface area contributed by atoms with Crippen LogP contribution in [0.1, 0.15) is 17.2 Å². The van der Waals surface area contributed by atoms with Crippen molar-refractivity contribution in [2.75, 3.05) is 7.11 Å². The summed E-state index contributed by atoms with van der Waals surface area (Å²) in [5.41, 5.74) is 0.433. The van der Waals surface area contributed by atoms with Crippen LogP contribution in [0.25, 0.3) is 0 Å². The van der Waals surface area contributed by atoms with Gasteiger partial charge in [0, 0.05) is 10.0 Å². The third kappa shape index (κ3) is 4.14. The predicted octanol–water partition coefficient (Wildman–Crippen LogP) is 4.44. The van der Waals surface area contributed by atoms with Gasteiger partial charge in [-0.05, 0) is 35.9 Å². The van der Waals surface area contributed by atoms with E-state index in [2.05, 4.69) is 20.7 Å². The predicted molar refractivity (Wildman–Crippen MR) is 77.9 cm³/mol. The summed E-state index contributed by atoms with van der Waals surface area (Å²) in [6.45, 7) is 0. The number of aliphatic hydroxyl groups excluding tert-OH is 1. The summed E-state index contributed by atoms with van der Waals surface area (Å²) in [6, 6.07) is 10.3. The average Bonchev–Trinajstić information content (AvgIpc) is 2.47. The highest BCUT2D eigenvalue weighted by Gasteiger charge is 2.33. The highest BCUT2D eigenvalue weighted by atomic mass is 79.9. The molecule has 7 heteroatoms. The van der Waals surface area contributed by atoms with E-state index in [0.29, 0.717) is 15.8 Å². The van der Waals surface area contributed by atoms with E-state index in [1.54, 1.807) is 24.3 Å². The molecule has 118 valence electrons. The van der Waals surface area contributed by atoms with Gasteiger partial charge in [0.2, 0.25) is 0 Å². The van der Waals surface area contributed by atoms with E-state index >= 15 is 0 Å². The summed E-state index contributed by atoms with van der Waals surface area (Å²) in [4.78, 5) is 0. The minimum atomic E-state index is -4.83. The molecule has 2 aromatic carbocycles. The van der Waals surface area contributed by atoms with Gasteiger partial charge in [0.05, 0.1) is 7.11 Å². The molecule has 0 bridgehead atoms.